The Balaban J connectivity index is 1.27. The number of nitrogens with one attached hydrogen (secondary N) is 1. The fourth-order valence-corrected chi connectivity index (χ4v) is 4.94. The first-order valence-electron chi connectivity index (χ1n) is 10.6. The fraction of sp³-hybridized carbons (Fsp3) is 0.391. The van der Waals surface area contributed by atoms with Crippen LogP contribution in [0.4, 0.5) is 0 Å². The second-order valence-corrected chi connectivity index (χ2v) is 8.68. The molecule has 0 saturated carbocycles. The monoisotopic (exact) mass is 439 g/mol. The molecule has 2 aromatic carbocycles. The van der Waals surface area contributed by atoms with E-state index in [1.165, 1.54) is 11.8 Å². The predicted molar refractivity (Wildman–Crippen MR) is 119 cm³/mol. The number of methoxy groups -OCH3 is 1. The Morgan fingerprint density at radius 1 is 1.19 bits per heavy atom. The number of thioether (sulfide) groups is 1. The second-order valence-electron chi connectivity index (χ2n) is 7.72. The smallest absolute Gasteiger partial charge is 0.233 e. The van der Waals surface area contributed by atoms with Crippen LogP contribution in [0.15, 0.2) is 41.6 Å². The van der Waals surface area contributed by atoms with Crippen molar-refractivity contribution >= 4 is 28.7 Å². The van der Waals surface area contributed by atoms with Crippen LogP contribution in [0.5, 0.6) is 17.2 Å². The predicted octanol–water partition coefficient (Wildman–Crippen LogP) is 4.19. The highest BCUT2D eigenvalue weighted by atomic mass is 32.2. The third-order valence-electron chi connectivity index (χ3n) is 5.73. The SMILES string of the molecule is COc1ccc2nc(SCC(=O)N3CCC[C@@H]3c3ccc4c(c3)OCCCO4)[nH]c2c1. The minimum absolute atomic E-state index is 0.0742. The molecule has 0 bridgehead atoms. The first kappa shape index (κ1) is 20.1. The van der Waals surface area contributed by atoms with E-state index in [0.29, 0.717) is 19.0 Å². The van der Waals surface area contributed by atoms with Crippen LogP contribution in [0.3, 0.4) is 0 Å². The quantitative estimate of drug-likeness (QED) is 0.601. The van der Waals surface area contributed by atoms with Crippen molar-refractivity contribution in [2.75, 3.05) is 32.6 Å². The molecule has 8 heteroatoms. The van der Waals surface area contributed by atoms with Gasteiger partial charge in [-0.3, -0.25) is 4.79 Å². The maximum Gasteiger partial charge on any atom is 0.233 e. The number of rotatable bonds is 5. The van der Waals surface area contributed by atoms with Crippen LogP contribution in [0.1, 0.15) is 30.9 Å². The summed E-state index contributed by atoms with van der Waals surface area (Å²) in [6.45, 7) is 2.10. The van der Waals surface area contributed by atoms with Crippen LogP contribution in [0.25, 0.3) is 11.0 Å². The van der Waals surface area contributed by atoms with Crippen LogP contribution in [-0.2, 0) is 4.79 Å². The minimum Gasteiger partial charge on any atom is -0.497 e. The first-order chi connectivity index (χ1) is 15.2. The Kier molecular flexibility index (Phi) is 5.63. The first-order valence-corrected chi connectivity index (χ1v) is 11.6. The van der Waals surface area contributed by atoms with Gasteiger partial charge in [0.25, 0.3) is 0 Å². The van der Waals surface area contributed by atoms with Gasteiger partial charge >= 0.3 is 0 Å². The largest absolute Gasteiger partial charge is 0.497 e. The Labute approximate surface area is 185 Å². The number of aromatic amines is 1. The third kappa shape index (κ3) is 4.17. The topological polar surface area (TPSA) is 76.7 Å². The van der Waals surface area contributed by atoms with Crippen molar-refractivity contribution in [2.45, 2.75) is 30.5 Å². The van der Waals surface area contributed by atoms with Crippen LogP contribution >= 0.6 is 11.8 Å². The number of H-pyrrole nitrogens is 1. The zero-order valence-electron chi connectivity index (χ0n) is 17.4. The lowest BCUT2D eigenvalue weighted by Gasteiger charge is -2.25. The van der Waals surface area contributed by atoms with Gasteiger partial charge in [0.15, 0.2) is 16.7 Å². The van der Waals surface area contributed by atoms with Gasteiger partial charge in [0.1, 0.15) is 5.75 Å². The number of carbonyl (C=O) groups excluding carboxylic acids is 1. The summed E-state index contributed by atoms with van der Waals surface area (Å²) in [7, 11) is 1.64. The molecule has 31 heavy (non-hydrogen) atoms. The van der Waals surface area contributed by atoms with Crippen LogP contribution in [-0.4, -0.2) is 53.4 Å². The minimum atomic E-state index is 0.0742. The highest BCUT2D eigenvalue weighted by molar-refractivity contribution is 7.99. The molecular formula is C23H25N3O4S. The van der Waals surface area contributed by atoms with Crippen LogP contribution < -0.4 is 14.2 Å². The number of hydrogen-bond acceptors (Lipinski definition) is 6. The Morgan fingerprint density at radius 3 is 2.94 bits per heavy atom. The molecule has 162 valence electrons. The van der Waals surface area contributed by atoms with Crippen molar-refractivity contribution < 1.29 is 19.0 Å². The van der Waals surface area contributed by atoms with E-state index in [1.54, 1.807) is 7.11 Å². The van der Waals surface area contributed by atoms with Crippen molar-refractivity contribution in [3.63, 3.8) is 0 Å². The lowest BCUT2D eigenvalue weighted by molar-refractivity contribution is -0.129. The number of nitrogens with zero attached hydrogens (tertiary/aromatic N) is 2. The molecule has 1 aromatic heterocycles. The number of likely N-dealkylation sites (tertiary alicyclic amines) is 1. The number of benzene rings is 2. The molecule has 5 rings (SSSR count). The van der Waals surface area contributed by atoms with Gasteiger partial charge in [0.05, 0.1) is 43.2 Å². The maximum atomic E-state index is 13.0. The number of aromatic nitrogens is 2. The van der Waals surface area contributed by atoms with Crippen molar-refractivity contribution in [3.05, 3.63) is 42.0 Å². The number of imidazole rings is 1. The van der Waals surface area contributed by atoms with Gasteiger partial charge in [0.2, 0.25) is 5.91 Å². The summed E-state index contributed by atoms with van der Waals surface area (Å²) in [4.78, 5) is 22.9. The maximum absolute atomic E-state index is 13.0. The molecule has 1 amide bonds. The summed E-state index contributed by atoms with van der Waals surface area (Å²) in [5.41, 5.74) is 2.87. The van der Waals surface area contributed by atoms with E-state index in [2.05, 4.69) is 16.0 Å². The zero-order valence-corrected chi connectivity index (χ0v) is 18.2. The van der Waals surface area contributed by atoms with Crippen molar-refractivity contribution in [1.82, 2.24) is 14.9 Å². The fourth-order valence-electron chi connectivity index (χ4n) is 4.17. The standard InChI is InChI=1S/C23H25N3O4S/c1-28-16-6-7-17-18(13-16)25-23(24-17)31-14-22(27)26-9-2-4-19(26)15-5-8-20-21(12-15)30-11-3-10-29-20/h5-8,12-13,19H,2-4,9-11,14H2,1H3,(H,24,25)/t19-/m1/s1. The number of hydrogen-bond donors (Lipinski definition) is 1. The number of fused-ring (bicyclic) bond motifs is 2. The molecule has 1 atom stereocenters. The lowest BCUT2D eigenvalue weighted by atomic mass is 10.0. The van der Waals surface area contributed by atoms with E-state index in [-0.39, 0.29) is 11.9 Å². The highest BCUT2D eigenvalue weighted by Crippen LogP contribution is 2.38. The van der Waals surface area contributed by atoms with Crippen molar-refractivity contribution in [3.8, 4) is 17.2 Å². The molecule has 1 fully saturated rings. The number of ether oxygens (including phenoxy) is 3. The summed E-state index contributed by atoms with van der Waals surface area (Å²) < 4.78 is 16.8. The van der Waals surface area contributed by atoms with E-state index >= 15 is 0 Å². The lowest BCUT2D eigenvalue weighted by Crippen LogP contribution is -2.32. The van der Waals surface area contributed by atoms with E-state index in [0.717, 1.165) is 64.8 Å². The Hall–Kier alpha value is -2.87. The molecule has 0 aliphatic carbocycles. The van der Waals surface area contributed by atoms with Gasteiger partial charge in [0, 0.05) is 19.0 Å². The highest BCUT2D eigenvalue weighted by Gasteiger charge is 2.30. The molecule has 0 radical (unpaired) electrons. The van der Waals surface area contributed by atoms with Gasteiger partial charge in [-0.2, -0.15) is 0 Å². The van der Waals surface area contributed by atoms with Gasteiger partial charge in [-0.1, -0.05) is 17.8 Å². The Morgan fingerprint density at radius 2 is 2.06 bits per heavy atom. The third-order valence-corrected chi connectivity index (χ3v) is 6.59. The summed E-state index contributed by atoms with van der Waals surface area (Å²) in [6, 6.07) is 11.8. The van der Waals surface area contributed by atoms with Gasteiger partial charge < -0.3 is 24.1 Å². The van der Waals surface area contributed by atoms with Gasteiger partial charge in [-0.25, -0.2) is 4.98 Å². The molecule has 2 aliphatic heterocycles. The van der Waals surface area contributed by atoms with E-state index in [9.17, 15) is 4.79 Å². The summed E-state index contributed by atoms with van der Waals surface area (Å²) >= 11 is 1.43. The average Bonchev–Trinajstić information content (AvgIpc) is 3.38. The van der Waals surface area contributed by atoms with Gasteiger partial charge in [-0.15, -0.1) is 0 Å². The summed E-state index contributed by atoms with van der Waals surface area (Å²) in [5.74, 6) is 2.81. The molecule has 7 nitrogen and oxygen atoms in total. The number of carbonyl (C=O) groups is 1. The van der Waals surface area contributed by atoms with Crippen LogP contribution in [0, 0.1) is 0 Å². The van der Waals surface area contributed by atoms with Crippen molar-refractivity contribution in [1.29, 1.82) is 0 Å². The molecule has 2 aliphatic rings. The molecule has 1 saturated heterocycles. The van der Waals surface area contributed by atoms with E-state index in [4.69, 9.17) is 14.2 Å². The molecule has 1 N–H and O–H groups in total. The average molecular weight is 440 g/mol. The molecule has 0 unspecified atom stereocenters. The molecule has 3 aromatic rings. The second kappa shape index (κ2) is 8.70. The summed E-state index contributed by atoms with van der Waals surface area (Å²) in [5, 5.41) is 0.739. The Bertz CT molecular complexity index is 1100. The van der Waals surface area contributed by atoms with Gasteiger partial charge in [-0.05, 0) is 42.7 Å². The summed E-state index contributed by atoms with van der Waals surface area (Å²) in [6.07, 6.45) is 2.84. The van der Waals surface area contributed by atoms with E-state index in [1.807, 2.05) is 35.2 Å². The van der Waals surface area contributed by atoms with Crippen molar-refractivity contribution in [2.24, 2.45) is 0 Å². The molecular weight excluding hydrogens is 414 g/mol. The number of amides is 1. The van der Waals surface area contributed by atoms with E-state index < -0.39 is 0 Å². The molecule has 3 heterocycles. The normalized spacial score (nSPS) is 18.2. The van der Waals surface area contributed by atoms with Crippen LogP contribution in [0.2, 0.25) is 0 Å². The zero-order chi connectivity index (χ0) is 21.2. The molecule has 0 spiro atoms.